The van der Waals surface area contributed by atoms with Crippen molar-refractivity contribution in [3.63, 3.8) is 0 Å². The van der Waals surface area contributed by atoms with E-state index in [4.69, 9.17) is 11.6 Å². The Hall–Kier alpha value is -0.640. The zero-order valence-electron chi connectivity index (χ0n) is 10.9. The van der Waals surface area contributed by atoms with Crippen LogP contribution in [0.3, 0.4) is 0 Å². The van der Waals surface area contributed by atoms with Gasteiger partial charge in [0.2, 0.25) is 0 Å². The first-order chi connectivity index (χ1) is 7.64. The zero-order valence-corrected chi connectivity index (χ0v) is 11.6. The van der Waals surface area contributed by atoms with Crippen LogP contribution in [-0.4, -0.2) is 29.7 Å². The predicted molar refractivity (Wildman–Crippen MR) is 68.9 cm³/mol. The van der Waals surface area contributed by atoms with Gasteiger partial charge in [0.25, 0.3) is 0 Å². The topological polar surface area (TPSA) is 23.5 Å². The lowest BCUT2D eigenvalue weighted by Crippen LogP contribution is -2.38. The van der Waals surface area contributed by atoms with Crippen LogP contribution in [0.5, 0.6) is 0 Å². The zero-order chi connectivity index (χ0) is 13.4. The molecular weight excluding hydrogens is 241 g/mol. The van der Waals surface area contributed by atoms with Gasteiger partial charge < -0.3 is 5.11 Å². The Morgan fingerprint density at radius 1 is 1.35 bits per heavy atom. The first-order valence-electron chi connectivity index (χ1n) is 5.49. The number of benzene rings is 1. The Bertz CT molecular complexity index is 413. The van der Waals surface area contributed by atoms with E-state index < -0.39 is 5.60 Å². The second-order valence-electron chi connectivity index (χ2n) is 5.14. The molecule has 0 aromatic heterocycles. The summed E-state index contributed by atoms with van der Waals surface area (Å²) in [6, 6.07) is 2.64. The Balaban J connectivity index is 3.34. The number of rotatable bonds is 3. The van der Waals surface area contributed by atoms with Crippen molar-refractivity contribution < 1.29 is 9.50 Å². The van der Waals surface area contributed by atoms with Gasteiger partial charge in [0.1, 0.15) is 5.82 Å². The number of likely N-dealkylation sites (N-methyl/N-ethyl adjacent to an activating group) is 1. The van der Waals surface area contributed by atoms with Gasteiger partial charge in [-0.1, -0.05) is 11.6 Å². The maximum absolute atomic E-state index is 13.6. The van der Waals surface area contributed by atoms with Gasteiger partial charge in [-0.3, -0.25) is 4.90 Å². The Labute approximate surface area is 107 Å². The summed E-state index contributed by atoms with van der Waals surface area (Å²) in [5.41, 5.74) is 0.105. The molecule has 96 valence electrons. The number of nitrogens with zero attached hydrogens (tertiary/aromatic N) is 1. The lowest BCUT2D eigenvalue weighted by atomic mass is 9.90. The predicted octanol–water partition coefficient (Wildman–Crippen LogP) is 3.16. The first-order valence-corrected chi connectivity index (χ1v) is 5.86. The molecule has 1 N–H and O–H groups in total. The van der Waals surface area contributed by atoms with Gasteiger partial charge in [-0.25, -0.2) is 4.39 Å². The summed E-state index contributed by atoms with van der Waals surface area (Å²) < 4.78 is 13.6. The minimum Gasteiger partial charge on any atom is -0.388 e. The van der Waals surface area contributed by atoms with Crippen molar-refractivity contribution in [2.75, 3.05) is 14.1 Å². The molecule has 0 fully saturated rings. The van der Waals surface area contributed by atoms with E-state index in [0.717, 1.165) is 0 Å². The average molecular weight is 260 g/mol. The molecule has 0 spiro atoms. The third kappa shape index (κ3) is 3.18. The molecule has 17 heavy (non-hydrogen) atoms. The molecule has 4 heteroatoms. The van der Waals surface area contributed by atoms with Crippen LogP contribution in [0.2, 0.25) is 5.02 Å². The van der Waals surface area contributed by atoms with Crippen LogP contribution in [0, 0.1) is 12.7 Å². The SMILES string of the molecule is Cc1cc(Cl)c(C(N(C)C)C(C)(C)O)cc1F. The lowest BCUT2D eigenvalue weighted by molar-refractivity contribution is -0.00322. The van der Waals surface area contributed by atoms with Gasteiger partial charge in [-0.05, 0) is 58.1 Å². The third-order valence-electron chi connectivity index (χ3n) is 2.76. The van der Waals surface area contributed by atoms with Gasteiger partial charge in [-0.15, -0.1) is 0 Å². The molecule has 1 unspecified atom stereocenters. The molecule has 1 aromatic carbocycles. The molecule has 0 heterocycles. The highest BCUT2D eigenvalue weighted by Crippen LogP contribution is 2.35. The smallest absolute Gasteiger partial charge is 0.126 e. The monoisotopic (exact) mass is 259 g/mol. The highest BCUT2D eigenvalue weighted by molar-refractivity contribution is 6.31. The van der Waals surface area contributed by atoms with Crippen LogP contribution in [-0.2, 0) is 0 Å². The van der Waals surface area contributed by atoms with E-state index in [-0.39, 0.29) is 11.9 Å². The van der Waals surface area contributed by atoms with Crippen molar-refractivity contribution in [2.45, 2.75) is 32.4 Å². The fourth-order valence-electron chi connectivity index (χ4n) is 2.16. The summed E-state index contributed by atoms with van der Waals surface area (Å²) in [6.07, 6.45) is 0. The van der Waals surface area contributed by atoms with Crippen molar-refractivity contribution in [3.8, 4) is 0 Å². The number of aliphatic hydroxyl groups is 1. The fraction of sp³-hybridized carbons (Fsp3) is 0.538. The Kier molecular flexibility index (Phi) is 4.18. The number of halogens is 2. The molecule has 2 nitrogen and oxygen atoms in total. The highest BCUT2D eigenvalue weighted by Gasteiger charge is 2.32. The standard InChI is InChI=1S/C13H19ClFNO/c1-8-6-10(14)9(7-11(8)15)12(16(4)5)13(2,3)17/h6-7,12,17H,1-5H3. The lowest BCUT2D eigenvalue weighted by Gasteiger charge is -2.35. The van der Waals surface area contributed by atoms with Gasteiger partial charge >= 0.3 is 0 Å². The molecule has 1 aromatic rings. The third-order valence-corrected chi connectivity index (χ3v) is 3.09. The van der Waals surface area contributed by atoms with E-state index in [1.165, 1.54) is 6.07 Å². The summed E-state index contributed by atoms with van der Waals surface area (Å²) in [6.45, 7) is 5.04. The average Bonchev–Trinajstić information content (AvgIpc) is 2.11. The summed E-state index contributed by atoms with van der Waals surface area (Å²) in [5.74, 6) is -0.305. The van der Waals surface area contributed by atoms with Crippen LogP contribution in [0.1, 0.15) is 31.0 Å². The van der Waals surface area contributed by atoms with Crippen LogP contribution in [0.25, 0.3) is 0 Å². The molecule has 0 saturated carbocycles. The second kappa shape index (κ2) is 4.92. The van der Waals surface area contributed by atoms with E-state index in [1.807, 2.05) is 19.0 Å². The first kappa shape index (κ1) is 14.4. The van der Waals surface area contributed by atoms with E-state index >= 15 is 0 Å². The Morgan fingerprint density at radius 2 is 1.88 bits per heavy atom. The molecule has 0 saturated heterocycles. The fourth-order valence-corrected chi connectivity index (χ4v) is 2.48. The summed E-state index contributed by atoms with van der Waals surface area (Å²) in [7, 11) is 3.66. The van der Waals surface area contributed by atoms with Crippen LogP contribution in [0.4, 0.5) is 4.39 Å². The van der Waals surface area contributed by atoms with Gasteiger partial charge in [0, 0.05) is 5.02 Å². The number of aryl methyl sites for hydroxylation is 1. The molecule has 0 amide bonds. The van der Waals surface area contributed by atoms with Crippen LogP contribution >= 0.6 is 11.6 Å². The van der Waals surface area contributed by atoms with Crippen LogP contribution in [0.15, 0.2) is 12.1 Å². The molecule has 1 rings (SSSR count). The maximum Gasteiger partial charge on any atom is 0.126 e. The normalized spacial score (nSPS) is 14.2. The highest BCUT2D eigenvalue weighted by atomic mass is 35.5. The van der Waals surface area contributed by atoms with E-state index in [1.54, 1.807) is 26.8 Å². The summed E-state index contributed by atoms with van der Waals surface area (Å²) in [4.78, 5) is 1.83. The molecule has 0 radical (unpaired) electrons. The van der Waals surface area contributed by atoms with Crippen molar-refractivity contribution in [1.82, 2.24) is 4.90 Å². The number of hydrogen-bond donors (Lipinski definition) is 1. The van der Waals surface area contributed by atoms with Crippen molar-refractivity contribution in [2.24, 2.45) is 0 Å². The van der Waals surface area contributed by atoms with Crippen molar-refractivity contribution in [1.29, 1.82) is 0 Å². The molecular formula is C13H19ClFNO. The summed E-state index contributed by atoms with van der Waals surface area (Å²) >= 11 is 6.14. The molecule has 1 atom stereocenters. The van der Waals surface area contributed by atoms with E-state index in [2.05, 4.69) is 0 Å². The minimum absolute atomic E-state index is 0.305. The van der Waals surface area contributed by atoms with Crippen LogP contribution < -0.4 is 0 Å². The largest absolute Gasteiger partial charge is 0.388 e. The molecule has 0 aliphatic rings. The van der Waals surface area contributed by atoms with Gasteiger partial charge in [0.05, 0.1) is 11.6 Å². The molecule has 0 bridgehead atoms. The maximum atomic E-state index is 13.6. The van der Waals surface area contributed by atoms with Crippen molar-refractivity contribution in [3.05, 3.63) is 34.1 Å². The van der Waals surface area contributed by atoms with E-state index in [0.29, 0.717) is 16.1 Å². The number of hydrogen-bond acceptors (Lipinski definition) is 2. The molecule has 0 aliphatic heterocycles. The minimum atomic E-state index is -1.01. The Morgan fingerprint density at radius 3 is 2.29 bits per heavy atom. The second-order valence-corrected chi connectivity index (χ2v) is 5.55. The van der Waals surface area contributed by atoms with Crippen molar-refractivity contribution >= 4 is 11.6 Å². The van der Waals surface area contributed by atoms with E-state index in [9.17, 15) is 9.50 Å². The quantitative estimate of drug-likeness (QED) is 0.901. The summed E-state index contributed by atoms with van der Waals surface area (Å²) in [5, 5.41) is 10.6. The molecule has 0 aliphatic carbocycles. The van der Waals surface area contributed by atoms with Gasteiger partial charge in [0.15, 0.2) is 0 Å². The van der Waals surface area contributed by atoms with Gasteiger partial charge in [-0.2, -0.15) is 0 Å².